The maximum Gasteiger partial charge on any atom is 0.125 e. The molecule has 0 aliphatic carbocycles. The first-order valence-electron chi connectivity index (χ1n) is 3.61. The van der Waals surface area contributed by atoms with Gasteiger partial charge in [0.15, 0.2) is 0 Å². The lowest BCUT2D eigenvalue weighted by Gasteiger charge is -2.05. The Morgan fingerprint density at radius 2 is 2.08 bits per heavy atom. The zero-order valence-corrected chi connectivity index (χ0v) is 6.74. The van der Waals surface area contributed by atoms with Gasteiger partial charge in [-0.05, 0) is 13.0 Å². The molecular formula is C9H10O3. The van der Waals surface area contributed by atoms with Crippen molar-refractivity contribution in [2.45, 2.75) is 13.3 Å². The van der Waals surface area contributed by atoms with Crippen LogP contribution >= 0.6 is 0 Å². The summed E-state index contributed by atoms with van der Waals surface area (Å²) in [6.45, 7) is 1.60. The van der Waals surface area contributed by atoms with Crippen LogP contribution in [0.3, 0.4) is 0 Å². The molecule has 1 aromatic rings. The van der Waals surface area contributed by atoms with Gasteiger partial charge in [-0.3, -0.25) is 0 Å². The molecule has 0 atom stereocenters. The molecule has 0 heterocycles. The fourth-order valence-corrected chi connectivity index (χ4v) is 1.00. The van der Waals surface area contributed by atoms with E-state index in [0.29, 0.717) is 17.4 Å². The highest BCUT2D eigenvalue weighted by Gasteiger charge is 2.06. The summed E-state index contributed by atoms with van der Waals surface area (Å²) >= 11 is 0. The first-order chi connectivity index (χ1) is 5.66. The third-order valence-electron chi connectivity index (χ3n) is 1.79. The van der Waals surface area contributed by atoms with Crippen molar-refractivity contribution in [2.75, 3.05) is 0 Å². The number of carbonyl (C=O) groups excluding carboxylic acids is 1. The molecular weight excluding hydrogens is 156 g/mol. The minimum absolute atomic E-state index is 0.00194. The van der Waals surface area contributed by atoms with Crippen molar-refractivity contribution in [3.63, 3.8) is 0 Å². The SMILES string of the molecule is Cc1c(O)ccc(CC=O)c1O. The van der Waals surface area contributed by atoms with Gasteiger partial charge in [0.05, 0.1) is 0 Å². The largest absolute Gasteiger partial charge is 0.508 e. The molecule has 1 rings (SSSR count). The molecule has 3 nitrogen and oxygen atoms in total. The van der Waals surface area contributed by atoms with Gasteiger partial charge in [0.1, 0.15) is 17.8 Å². The van der Waals surface area contributed by atoms with E-state index in [9.17, 15) is 9.90 Å². The molecule has 0 bridgehead atoms. The lowest BCUT2D eigenvalue weighted by atomic mass is 10.1. The van der Waals surface area contributed by atoms with E-state index in [4.69, 9.17) is 5.11 Å². The molecule has 3 heteroatoms. The van der Waals surface area contributed by atoms with Gasteiger partial charge in [0.2, 0.25) is 0 Å². The second-order valence-corrected chi connectivity index (χ2v) is 2.59. The van der Waals surface area contributed by atoms with Crippen molar-refractivity contribution in [1.82, 2.24) is 0 Å². The Morgan fingerprint density at radius 1 is 1.42 bits per heavy atom. The number of hydrogen-bond donors (Lipinski definition) is 2. The summed E-state index contributed by atoms with van der Waals surface area (Å²) in [7, 11) is 0. The molecule has 12 heavy (non-hydrogen) atoms. The summed E-state index contributed by atoms with van der Waals surface area (Å²) in [6, 6.07) is 3.00. The fourth-order valence-electron chi connectivity index (χ4n) is 1.00. The number of phenolic OH excluding ortho intramolecular Hbond substituents is 2. The van der Waals surface area contributed by atoms with Gasteiger partial charge < -0.3 is 15.0 Å². The summed E-state index contributed by atoms with van der Waals surface area (Å²) in [4.78, 5) is 10.1. The molecule has 64 valence electrons. The molecule has 0 aliphatic rings. The summed E-state index contributed by atoms with van der Waals surface area (Å²) in [6.07, 6.45) is 0.887. The van der Waals surface area contributed by atoms with Crippen LogP contribution in [0.1, 0.15) is 11.1 Å². The number of aldehydes is 1. The van der Waals surface area contributed by atoms with Gasteiger partial charge in [-0.15, -0.1) is 0 Å². The Balaban J connectivity index is 3.16. The van der Waals surface area contributed by atoms with E-state index in [1.807, 2.05) is 0 Å². The van der Waals surface area contributed by atoms with E-state index < -0.39 is 0 Å². The number of phenols is 2. The van der Waals surface area contributed by atoms with Crippen LogP contribution in [0.25, 0.3) is 0 Å². The number of benzene rings is 1. The lowest BCUT2D eigenvalue weighted by molar-refractivity contribution is -0.107. The van der Waals surface area contributed by atoms with Crippen molar-refractivity contribution < 1.29 is 15.0 Å². The van der Waals surface area contributed by atoms with E-state index in [1.165, 1.54) is 12.1 Å². The van der Waals surface area contributed by atoms with Crippen LogP contribution in [0.2, 0.25) is 0 Å². The van der Waals surface area contributed by atoms with E-state index in [0.717, 1.165) is 0 Å². The molecule has 0 aromatic heterocycles. The number of hydrogen-bond acceptors (Lipinski definition) is 3. The van der Waals surface area contributed by atoms with Gasteiger partial charge in [-0.2, -0.15) is 0 Å². The van der Waals surface area contributed by atoms with Crippen molar-refractivity contribution in [2.24, 2.45) is 0 Å². The number of aromatic hydroxyl groups is 2. The highest BCUT2D eigenvalue weighted by Crippen LogP contribution is 2.29. The summed E-state index contributed by atoms with van der Waals surface area (Å²) in [5, 5.41) is 18.5. The summed E-state index contributed by atoms with van der Waals surface area (Å²) < 4.78 is 0. The van der Waals surface area contributed by atoms with Gasteiger partial charge >= 0.3 is 0 Å². The minimum atomic E-state index is 0.00194. The molecule has 2 N–H and O–H groups in total. The third kappa shape index (κ3) is 1.39. The van der Waals surface area contributed by atoms with Crippen LogP contribution in [0, 0.1) is 6.92 Å². The molecule has 0 fully saturated rings. The Hall–Kier alpha value is -1.51. The maximum atomic E-state index is 10.1. The Morgan fingerprint density at radius 3 is 2.67 bits per heavy atom. The number of carbonyl (C=O) groups is 1. The number of rotatable bonds is 2. The van der Waals surface area contributed by atoms with E-state index in [-0.39, 0.29) is 17.9 Å². The second-order valence-electron chi connectivity index (χ2n) is 2.59. The second kappa shape index (κ2) is 3.26. The molecule has 0 saturated heterocycles. The molecule has 0 radical (unpaired) electrons. The monoisotopic (exact) mass is 166 g/mol. The zero-order chi connectivity index (χ0) is 9.14. The van der Waals surface area contributed by atoms with Gasteiger partial charge in [-0.25, -0.2) is 0 Å². The van der Waals surface area contributed by atoms with Crippen molar-refractivity contribution >= 4 is 6.29 Å². The van der Waals surface area contributed by atoms with Gasteiger partial charge in [0, 0.05) is 17.5 Å². The average Bonchev–Trinajstić information content (AvgIpc) is 2.07. The highest BCUT2D eigenvalue weighted by molar-refractivity contribution is 5.60. The van der Waals surface area contributed by atoms with Crippen molar-refractivity contribution in [3.05, 3.63) is 23.3 Å². The zero-order valence-electron chi connectivity index (χ0n) is 6.74. The van der Waals surface area contributed by atoms with E-state index in [1.54, 1.807) is 6.92 Å². The predicted molar refractivity (Wildman–Crippen MR) is 44.3 cm³/mol. The molecule has 0 spiro atoms. The van der Waals surface area contributed by atoms with Crippen LogP contribution in [-0.2, 0) is 11.2 Å². The quantitative estimate of drug-likeness (QED) is 0.648. The Kier molecular flexibility index (Phi) is 2.33. The molecule has 0 saturated carbocycles. The Labute approximate surface area is 70.3 Å². The molecule has 0 aliphatic heterocycles. The van der Waals surface area contributed by atoms with E-state index in [2.05, 4.69) is 0 Å². The van der Waals surface area contributed by atoms with Crippen molar-refractivity contribution in [3.8, 4) is 11.5 Å². The average molecular weight is 166 g/mol. The lowest BCUT2D eigenvalue weighted by Crippen LogP contribution is -1.88. The Bertz CT molecular complexity index is 305. The fraction of sp³-hybridized carbons (Fsp3) is 0.222. The minimum Gasteiger partial charge on any atom is -0.508 e. The molecule has 0 unspecified atom stereocenters. The van der Waals surface area contributed by atoms with Gasteiger partial charge in [-0.1, -0.05) is 6.07 Å². The van der Waals surface area contributed by atoms with Crippen LogP contribution < -0.4 is 0 Å². The van der Waals surface area contributed by atoms with Crippen LogP contribution in [0.4, 0.5) is 0 Å². The normalized spacial score (nSPS) is 9.75. The first kappa shape index (κ1) is 8.59. The predicted octanol–water partition coefficient (Wildman–Crippen LogP) is 1.15. The van der Waals surface area contributed by atoms with Crippen LogP contribution in [-0.4, -0.2) is 16.5 Å². The standard InChI is InChI=1S/C9H10O3/c1-6-8(11)3-2-7(4-5-10)9(6)12/h2-3,5,11-12H,4H2,1H3. The third-order valence-corrected chi connectivity index (χ3v) is 1.79. The highest BCUT2D eigenvalue weighted by atomic mass is 16.3. The van der Waals surface area contributed by atoms with Gasteiger partial charge in [0.25, 0.3) is 0 Å². The van der Waals surface area contributed by atoms with E-state index >= 15 is 0 Å². The summed E-state index contributed by atoms with van der Waals surface area (Å²) in [5.41, 5.74) is 0.953. The van der Waals surface area contributed by atoms with Crippen LogP contribution in [0.5, 0.6) is 11.5 Å². The topological polar surface area (TPSA) is 57.5 Å². The molecule has 0 amide bonds. The van der Waals surface area contributed by atoms with Crippen molar-refractivity contribution in [1.29, 1.82) is 0 Å². The van der Waals surface area contributed by atoms with Crippen LogP contribution in [0.15, 0.2) is 12.1 Å². The molecule has 1 aromatic carbocycles. The smallest absolute Gasteiger partial charge is 0.125 e. The summed E-state index contributed by atoms with van der Waals surface area (Å²) in [5.74, 6) is 0.0456. The first-order valence-corrected chi connectivity index (χ1v) is 3.61. The maximum absolute atomic E-state index is 10.1.